The lowest BCUT2D eigenvalue weighted by atomic mass is 9.97. The summed E-state index contributed by atoms with van der Waals surface area (Å²) in [6.45, 7) is 0.109. The van der Waals surface area contributed by atoms with Gasteiger partial charge in [-0.25, -0.2) is 9.48 Å². The Morgan fingerprint density at radius 2 is 1.94 bits per heavy atom. The van der Waals surface area contributed by atoms with Crippen LogP contribution in [-0.4, -0.2) is 26.7 Å². The van der Waals surface area contributed by atoms with Crippen molar-refractivity contribution < 1.29 is 18.7 Å². The number of carbonyl (C=O) groups excluding carboxylic acids is 2. The highest BCUT2D eigenvalue weighted by atomic mass is 16.5. The number of aromatic nitrogens is 3. The summed E-state index contributed by atoms with van der Waals surface area (Å²) in [5.41, 5.74) is 0.839. The minimum atomic E-state index is -0.712. The minimum absolute atomic E-state index is 0.0576. The van der Waals surface area contributed by atoms with E-state index in [0.717, 1.165) is 0 Å². The topological polar surface area (TPSA) is 116 Å². The minimum Gasteiger partial charge on any atom is -0.487 e. The number of ether oxygens (including phenoxy) is 1. The summed E-state index contributed by atoms with van der Waals surface area (Å²) in [5, 5.41) is 11.4. The van der Waals surface area contributed by atoms with Gasteiger partial charge in [0.2, 0.25) is 5.91 Å². The summed E-state index contributed by atoms with van der Waals surface area (Å²) in [7, 11) is 0. The Morgan fingerprint density at radius 1 is 1.12 bits per heavy atom. The van der Waals surface area contributed by atoms with Gasteiger partial charge in [0.05, 0.1) is 12.2 Å². The van der Waals surface area contributed by atoms with E-state index in [-0.39, 0.29) is 31.0 Å². The van der Waals surface area contributed by atoms with Gasteiger partial charge in [-0.05, 0) is 18.2 Å². The number of nitrogens with one attached hydrogen (secondary N) is 1. The van der Waals surface area contributed by atoms with Crippen LogP contribution in [-0.2, 0) is 17.9 Å². The highest BCUT2D eigenvalue weighted by molar-refractivity contribution is 5.98. The van der Waals surface area contributed by atoms with Crippen molar-refractivity contribution in [3.05, 3.63) is 88.0 Å². The lowest BCUT2D eigenvalue weighted by molar-refractivity contribution is -0.122. The second kappa shape index (κ2) is 8.10. The van der Waals surface area contributed by atoms with Crippen LogP contribution in [0.25, 0.3) is 11.0 Å². The molecule has 160 valence electrons. The number of hydrogen-bond donors (Lipinski definition) is 1. The van der Waals surface area contributed by atoms with Crippen molar-refractivity contribution in [1.82, 2.24) is 20.3 Å². The summed E-state index contributed by atoms with van der Waals surface area (Å²) in [5.74, 6) is -0.281. The van der Waals surface area contributed by atoms with Crippen LogP contribution in [0.4, 0.5) is 0 Å². The molecule has 0 spiro atoms. The quantitative estimate of drug-likeness (QED) is 0.392. The van der Waals surface area contributed by atoms with Gasteiger partial charge in [-0.15, -0.1) is 5.10 Å². The van der Waals surface area contributed by atoms with Crippen LogP contribution in [0.1, 0.15) is 34.1 Å². The van der Waals surface area contributed by atoms with Crippen LogP contribution < -0.4 is 15.7 Å². The Kier molecular flexibility index (Phi) is 4.98. The fraction of sp³-hybridized carbons (Fsp3) is 0.174. The lowest BCUT2D eigenvalue weighted by Crippen LogP contribution is -2.33. The summed E-state index contributed by atoms with van der Waals surface area (Å²) in [6, 6.07) is 14.9. The third-order valence-corrected chi connectivity index (χ3v) is 5.23. The van der Waals surface area contributed by atoms with Crippen molar-refractivity contribution in [3.63, 3.8) is 0 Å². The van der Waals surface area contributed by atoms with Gasteiger partial charge in [0.15, 0.2) is 5.78 Å². The molecule has 32 heavy (non-hydrogen) atoms. The zero-order chi connectivity index (χ0) is 22.1. The Balaban J connectivity index is 1.50. The van der Waals surface area contributed by atoms with Crippen molar-refractivity contribution >= 4 is 22.7 Å². The normalized spacial score (nSPS) is 15.9. The molecule has 5 rings (SSSR count). The number of nitrogens with zero attached hydrogens (tertiary/aromatic N) is 3. The van der Waals surface area contributed by atoms with E-state index in [1.54, 1.807) is 54.7 Å². The van der Waals surface area contributed by atoms with Crippen LogP contribution >= 0.6 is 0 Å². The van der Waals surface area contributed by atoms with Crippen molar-refractivity contribution in [2.75, 3.05) is 0 Å². The molecule has 3 heterocycles. The number of amides is 1. The van der Waals surface area contributed by atoms with Crippen molar-refractivity contribution in [3.8, 4) is 5.75 Å². The smallest absolute Gasteiger partial charge is 0.347 e. The molecule has 1 unspecified atom stereocenters. The molecule has 0 saturated heterocycles. The molecule has 0 saturated carbocycles. The van der Waals surface area contributed by atoms with Crippen molar-refractivity contribution in [1.29, 1.82) is 0 Å². The van der Waals surface area contributed by atoms with Gasteiger partial charge in [0.25, 0.3) is 0 Å². The molecule has 0 aliphatic carbocycles. The van der Waals surface area contributed by atoms with Crippen LogP contribution in [0.5, 0.6) is 5.75 Å². The summed E-state index contributed by atoms with van der Waals surface area (Å²) >= 11 is 0. The molecular formula is C23H18N4O5. The third kappa shape index (κ3) is 3.87. The highest BCUT2D eigenvalue weighted by Gasteiger charge is 2.25. The van der Waals surface area contributed by atoms with Crippen molar-refractivity contribution in [2.24, 2.45) is 0 Å². The highest BCUT2D eigenvalue weighted by Crippen LogP contribution is 2.29. The van der Waals surface area contributed by atoms with Gasteiger partial charge in [-0.2, -0.15) is 0 Å². The summed E-state index contributed by atoms with van der Waals surface area (Å²) < 4.78 is 12.6. The fourth-order valence-electron chi connectivity index (χ4n) is 3.71. The maximum atomic E-state index is 13.1. The van der Waals surface area contributed by atoms with Gasteiger partial charge in [0, 0.05) is 17.4 Å². The van der Waals surface area contributed by atoms with E-state index in [9.17, 15) is 14.4 Å². The van der Waals surface area contributed by atoms with Gasteiger partial charge in [-0.1, -0.05) is 41.6 Å². The maximum absolute atomic E-state index is 13.1. The largest absolute Gasteiger partial charge is 0.487 e. The number of Topliss-reactive ketones (excluding diaryl/α,β-unsaturated/α-hetero) is 1. The summed E-state index contributed by atoms with van der Waals surface area (Å²) in [6.07, 6.45) is 1.49. The molecule has 0 radical (unpaired) electrons. The number of rotatable bonds is 3. The Labute approximate surface area is 181 Å². The average Bonchev–Trinajstić information content (AvgIpc) is 3.22. The SMILES string of the molecule is O=C1Cn2cc(nn2)COc2ccccc2C(CC(=O)c2cc3ccccc3oc2=O)N1. The third-order valence-electron chi connectivity index (χ3n) is 5.23. The molecule has 1 N–H and O–H groups in total. The fourth-order valence-corrected chi connectivity index (χ4v) is 3.71. The number of hydrogen-bond acceptors (Lipinski definition) is 7. The predicted octanol–water partition coefficient (Wildman–Crippen LogP) is 2.41. The van der Waals surface area contributed by atoms with E-state index < -0.39 is 17.5 Å². The van der Waals surface area contributed by atoms with Crippen molar-refractivity contribution in [2.45, 2.75) is 25.6 Å². The first-order chi connectivity index (χ1) is 15.6. The molecule has 4 aromatic rings. The molecule has 9 nitrogen and oxygen atoms in total. The van der Waals surface area contributed by atoms with Gasteiger partial charge in [-0.3, -0.25) is 9.59 Å². The van der Waals surface area contributed by atoms with E-state index in [4.69, 9.17) is 9.15 Å². The molecule has 2 aromatic heterocycles. The van der Waals surface area contributed by atoms with E-state index in [2.05, 4.69) is 15.6 Å². The van der Waals surface area contributed by atoms with Crippen LogP contribution in [0.2, 0.25) is 0 Å². The second-order valence-corrected chi connectivity index (χ2v) is 7.47. The van der Waals surface area contributed by atoms with E-state index >= 15 is 0 Å². The Bertz CT molecular complexity index is 1390. The standard InChI is InChI=1S/C23H18N4O5/c28-19(17-9-14-5-1-3-7-20(14)32-23(17)30)10-18-16-6-2-4-8-21(16)31-13-15-11-27(26-25-15)12-22(29)24-18/h1-9,11,18H,10,12-13H2,(H,24,29). The second-order valence-electron chi connectivity index (χ2n) is 7.47. The molecule has 1 amide bonds. The molecular weight excluding hydrogens is 412 g/mol. The van der Waals surface area contributed by atoms with Gasteiger partial charge < -0.3 is 14.5 Å². The average molecular weight is 430 g/mol. The van der Waals surface area contributed by atoms with Crippen LogP contribution in [0.15, 0.2) is 70.0 Å². The first-order valence-corrected chi connectivity index (χ1v) is 10.0. The number of ketones is 1. The number of fused-ring (bicyclic) bond motifs is 4. The lowest BCUT2D eigenvalue weighted by Gasteiger charge is -2.21. The number of benzene rings is 2. The zero-order valence-electron chi connectivity index (χ0n) is 16.9. The first kappa shape index (κ1) is 19.7. The van der Waals surface area contributed by atoms with E-state index in [1.165, 1.54) is 10.7 Å². The number of para-hydroxylation sites is 2. The molecule has 1 aliphatic heterocycles. The summed E-state index contributed by atoms with van der Waals surface area (Å²) in [4.78, 5) is 38.2. The van der Waals surface area contributed by atoms with Gasteiger partial charge in [0.1, 0.15) is 35.7 Å². The number of carbonyl (C=O) groups is 2. The molecule has 1 atom stereocenters. The monoisotopic (exact) mass is 430 g/mol. The molecule has 2 aromatic carbocycles. The Hall–Kier alpha value is -4.27. The molecule has 0 fully saturated rings. The first-order valence-electron chi connectivity index (χ1n) is 10.0. The maximum Gasteiger partial charge on any atom is 0.347 e. The molecule has 1 aliphatic rings. The zero-order valence-corrected chi connectivity index (χ0v) is 16.9. The Morgan fingerprint density at radius 3 is 2.84 bits per heavy atom. The molecule has 9 heteroatoms. The van der Waals surface area contributed by atoms with Crippen LogP contribution in [0.3, 0.4) is 0 Å². The predicted molar refractivity (Wildman–Crippen MR) is 113 cm³/mol. The van der Waals surface area contributed by atoms with E-state index in [1.807, 2.05) is 0 Å². The molecule has 2 bridgehead atoms. The van der Waals surface area contributed by atoms with Gasteiger partial charge >= 0.3 is 5.63 Å². The van der Waals surface area contributed by atoms with E-state index in [0.29, 0.717) is 28.0 Å². The van der Waals surface area contributed by atoms with Crippen LogP contribution in [0, 0.1) is 0 Å².